The molecule has 2 rings (SSSR count). The number of hydrogen-bond acceptors (Lipinski definition) is 4. The lowest BCUT2D eigenvalue weighted by Crippen LogP contribution is -2.07. The van der Waals surface area contributed by atoms with Crippen LogP contribution in [-0.2, 0) is 11.2 Å². The van der Waals surface area contributed by atoms with Gasteiger partial charge in [0.15, 0.2) is 5.78 Å². The highest BCUT2D eigenvalue weighted by molar-refractivity contribution is 6.00. The summed E-state index contributed by atoms with van der Waals surface area (Å²) in [4.78, 5) is 23.8. The van der Waals surface area contributed by atoms with Gasteiger partial charge in [-0.15, -0.1) is 0 Å². The maximum atomic E-state index is 12.3. The zero-order valence-corrected chi connectivity index (χ0v) is 12.0. The molecule has 0 aliphatic carbocycles. The number of rotatable bonds is 5. The minimum Gasteiger partial charge on any atom is -0.496 e. The molecule has 4 nitrogen and oxygen atoms in total. The summed E-state index contributed by atoms with van der Waals surface area (Å²) >= 11 is 0. The van der Waals surface area contributed by atoms with Crippen LogP contribution in [0.1, 0.15) is 26.3 Å². The van der Waals surface area contributed by atoms with E-state index in [9.17, 15) is 9.59 Å². The number of ketones is 1. The standard InChI is InChI=1S/C17H16O4/c1-20-16-9-4-3-8-14(16)15(18)11-12-6-5-7-13(10-12)17(19)21-2/h3-10H,11H2,1-2H3. The fourth-order valence-electron chi connectivity index (χ4n) is 2.08. The summed E-state index contributed by atoms with van der Waals surface area (Å²) in [6.45, 7) is 0. The van der Waals surface area contributed by atoms with E-state index in [1.807, 2.05) is 6.07 Å². The molecule has 0 fully saturated rings. The molecule has 0 bridgehead atoms. The van der Waals surface area contributed by atoms with Gasteiger partial charge in [-0.1, -0.05) is 24.3 Å². The quantitative estimate of drug-likeness (QED) is 0.626. The van der Waals surface area contributed by atoms with Crippen molar-refractivity contribution in [1.82, 2.24) is 0 Å². The number of Topliss-reactive ketones (excluding diaryl/α,β-unsaturated/α-hetero) is 1. The average Bonchev–Trinajstić information content (AvgIpc) is 2.54. The summed E-state index contributed by atoms with van der Waals surface area (Å²) in [5.41, 5.74) is 1.72. The number of methoxy groups -OCH3 is 2. The highest BCUT2D eigenvalue weighted by Crippen LogP contribution is 2.20. The molecule has 0 aliphatic heterocycles. The molecule has 0 amide bonds. The van der Waals surface area contributed by atoms with Gasteiger partial charge in [-0.25, -0.2) is 4.79 Å². The van der Waals surface area contributed by atoms with Gasteiger partial charge in [-0.2, -0.15) is 0 Å². The molecule has 4 heteroatoms. The van der Waals surface area contributed by atoms with Crippen LogP contribution in [0.25, 0.3) is 0 Å². The van der Waals surface area contributed by atoms with Crippen molar-refractivity contribution >= 4 is 11.8 Å². The van der Waals surface area contributed by atoms with Crippen molar-refractivity contribution in [1.29, 1.82) is 0 Å². The first kappa shape index (κ1) is 14.8. The zero-order valence-electron chi connectivity index (χ0n) is 12.0. The average molecular weight is 284 g/mol. The molecule has 2 aromatic rings. The second-order valence-corrected chi connectivity index (χ2v) is 4.49. The maximum absolute atomic E-state index is 12.3. The van der Waals surface area contributed by atoms with Gasteiger partial charge >= 0.3 is 5.97 Å². The summed E-state index contributed by atoms with van der Waals surface area (Å²) in [5.74, 6) is 0.0719. The van der Waals surface area contributed by atoms with E-state index < -0.39 is 5.97 Å². The van der Waals surface area contributed by atoms with Crippen molar-refractivity contribution < 1.29 is 19.1 Å². The Morgan fingerprint density at radius 1 is 1.00 bits per heavy atom. The zero-order chi connectivity index (χ0) is 15.2. The van der Waals surface area contributed by atoms with Gasteiger partial charge in [-0.3, -0.25) is 4.79 Å². The Morgan fingerprint density at radius 2 is 1.76 bits per heavy atom. The van der Waals surface area contributed by atoms with E-state index in [2.05, 4.69) is 4.74 Å². The Kier molecular flexibility index (Phi) is 4.72. The van der Waals surface area contributed by atoms with Crippen LogP contribution in [0, 0.1) is 0 Å². The summed E-state index contributed by atoms with van der Waals surface area (Å²) in [6, 6.07) is 13.9. The molecule has 2 aromatic carbocycles. The Labute approximate surface area is 123 Å². The third-order valence-electron chi connectivity index (χ3n) is 3.12. The van der Waals surface area contributed by atoms with Gasteiger partial charge in [0.1, 0.15) is 5.75 Å². The highest BCUT2D eigenvalue weighted by atomic mass is 16.5. The number of benzene rings is 2. The predicted molar refractivity (Wildman–Crippen MR) is 78.8 cm³/mol. The first-order chi connectivity index (χ1) is 10.2. The molecule has 21 heavy (non-hydrogen) atoms. The van der Waals surface area contributed by atoms with Crippen LogP contribution in [0.15, 0.2) is 48.5 Å². The van der Waals surface area contributed by atoms with E-state index in [-0.39, 0.29) is 12.2 Å². The molecule has 0 aliphatic rings. The number of ether oxygens (including phenoxy) is 2. The van der Waals surface area contributed by atoms with E-state index in [4.69, 9.17) is 4.74 Å². The molecular formula is C17H16O4. The minimum absolute atomic E-state index is 0.0607. The van der Waals surface area contributed by atoms with E-state index in [0.717, 1.165) is 5.56 Å². The summed E-state index contributed by atoms with van der Waals surface area (Å²) in [5, 5.41) is 0. The van der Waals surface area contributed by atoms with Crippen LogP contribution in [0.4, 0.5) is 0 Å². The van der Waals surface area contributed by atoms with Crippen LogP contribution in [0.5, 0.6) is 5.75 Å². The molecule has 0 N–H and O–H groups in total. The van der Waals surface area contributed by atoms with Gasteiger partial charge in [0.2, 0.25) is 0 Å². The van der Waals surface area contributed by atoms with Gasteiger partial charge < -0.3 is 9.47 Å². The molecular weight excluding hydrogens is 268 g/mol. The number of carbonyl (C=O) groups is 2. The van der Waals surface area contributed by atoms with Crippen LogP contribution in [0.3, 0.4) is 0 Å². The molecule has 108 valence electrons. The van der Waals surface area contributed by atoms with E-state index in [1.54, 1.807) is 42.5 Å². The second-order valence-electron chi connectivity index (χ2n) is 4.49. The van der Waals surface area contributed by atoms with Crippen LogP contribution < -0.4 is 4.74 Å². The number of carbonyl (C=O) groups excluding carboxylic acids is 2. The maximum Gasteiger partial charge on any atom is 0.337 e. The van der Waals surface area contributed by atoms with Crippen molar-refractivity contribution in [3.63, 3.8) is 0 Å². The fraction of sp³-hybridized carbons (Fsp3) is 0.176. The van der Waals surface area contributed by atoms with Crippen molar-refractivity contribution in [2.45, 2.75) is 6.42 Å². The van der Waals surface area contributed by atoms with Gasteiger partial charge in [0, 0.05) is 6.42 Å². The van der Waals surface area contributed by atoms with Crippen molar-refractivity contribution in [2.24, 2.45) is 0 Å². The normalized spacial score (nSPS) is 10.0. The minimum atomic E-state index is -0.415. The fourth-order valence-corrected chi connectivity index (χ4v) is 2.08. The van der Waals surface area contributed by atoms with Crippen molar-refractivity contribution in [3.8, 4) is 5.75 Å². The number of hydrogen-bond donors (Lipinski definition) is 0. The molecule has 0 atom stereocenters. The second kappa shape index (κ2) is 6.70. The third-order valence-corrected chi connectivity index (χ3v) is 3.12. The summed E-state index contributed by atoms with van der Waals surface area (Å²) < 4.78 is 9.86. The third kappa shape index (κ3) is 3.48. The molecule has 0 aromatic heterocycles. The number of para-hydroxylation sites is 1. The van der Waals surface area contributed by atoms with Crippen molar-refractivity contribution in [2.75, 3.05) is 14.2 Å². The van der Waals surface area contributed by atoms with E-state index in [1.165, 1.54) is 14.2 Å². The van der Waals surface area contributed by atoms with Gasteiger partial charge in [0.05, 0.1) is 25.3 Å². The molecule has 0 saturated heterocycles. The molecule has 0 spiro atoms. The smallest absolute Gasteiger partial charge is 0.337 e. The summed E-state index contributed by atoms with van der Waals surface area (Å²) in [7, 11) is 2.86. The monoisotopic (exact) mass is 284 g/mol. The molecule has 0 saturated carbocycles. The first-order valence-corrected chi connectivity index (χ1v) is 6.49. The SMILES string of the molecule is COC(=O)c1cccc(CC(=O)c2ccccc2OC)c1. The lowest BCUT2D eigenvalue weighted by Gasteiger charge is -2.08. The molecule has 0 unspecified atom stereocenters. The van der Waals surface area contributed by atoms with Crippen LogP contribution >= 0.6 is 0 Å². The lowest BCUT2D eigenvalue weighted by atomic mass is 10.0. The van der Waals surface area contributed by atoms with E-state index >= 15 is 0 Å². The van der Waals surface area contributed by atoms with Gasteiger partial charge in [0.25, 0.3) is 0 Å². The summed E-state index contributed by atoms with van der Waals surface area (Å²) in [6.07, 6.45) is 0.200. The Hall–Kier alpha value is -2.62. The first-order valence-electron chi connectivity index (χ1n) is 6.49. The Balaban J connectivity index is 2.22. The van der Waals surface area contributed by atoms with E-state index in [0.29, 0.717) is 16.9 Å². The van der Waals surface area contributed by atoms with Crippen LogP contribution in [0.2, 0.25) is 0 Å². The lowest BCUT2D eigenvalue weighted by molar-refractivity contribution is 0.0600. The topological polar surface area (TPSA) is 52.6 Å². The van der Waals surface area contributed by atoms with Gasteiger partial charge in [-0.05, 0) is 29.8 Å². The predicted octanol–water partition coefficient (Wildman–Crippen LogP) is 2.91. The molecule has 0 heterocycles. The largest absolute Gasteiger partial charge is 0.496 e. The Bertz CT molecular complexity index is 661. The van der Waals surface area contributed by atoms with Crippen molar-refractivity contribution in [3.05, 3.63) is 65.2 Å². The Morgan fingerprint density at radius 3 is 2.48 bits per heavy atom. The van der Waals surface area contributed by atoms with Crippen LogP contribution in [-0.4, -0.2) is 26.0 Å². The highest BCUT2D eigenvalue weighted by Gasteiger charge is 2.13. The number of esters is 1. The molecule has 0 radical (unpaired) electrons.